The second-order valence-electron chi connectivity index (χ2n) is 6.64. The predicted octanol–water partition coefficient (Wildman–Crippen LogP) is 6.41. The number of benzene rings is 3. The van der Waals surface area contributed by atoms with E-state index in [-0.39, 0.29) is 34.6 Å². The minimum Gasteiger partial charge on any atom is -0.478 e. The highest BCUT2D eigenvalue weighted by atomic mass is 19.1. The summed E-state index contributed by atoms with van der Waals surface area (Å²) in [5, 5.41) is 9.20. The number of carboxylic acid groups (broad SMARTS) is 1. The van der Waals surface area contributed by atoms with E-state index in [4.69, 9.17) is 9.84 Å². The van der Waals surface area contributed by atoms with E-state index in [0.717, 1.165) is 6.33 Å². The summed E-state index contributed by atoms with van der Waals surface area (Å²) in [6.45, 7) is 7.68. The smallest absolute Gasteiger partial charge is 0.335 e. The molecule has 0 saturated heterocycles. The lowest BCUT2D eigenvalue weighted by atomic mass is 10.1. The highest BCUT2D eigenvalue weighted by Crippen LogP contribution is 2.26. The van der Waals surface area contributed by atoms with Gasteiger partial charge in [-0.3, -0.25) is 4.79 Å². The van der Waals surface area contributed by atoms with Gasteiger partial charge in [0.1, 0.15) is 29.0 Å². The molecule has 184 valence electrons. The molecule has 4 rings (SSSR count). The number of carbonyl (C=O) groups is 1. The van der Waals surface area contributed by atoms with Crippen LogP contribution < -0.4 is 10.3 Å². The summed E-state index contributed by atoms with van der Waals surface area (Å²) in [4.78, 5) is 27.1. The molecule has 0 aliphatic rings. The zero-order valence-electron chi connectivity index (χ0n) is 19.7. The Kier molecular flexibility index (Phi) is 9.57. The summed E-state index contributed by atoms with van der Waals surface area (Å²) in [5.74, 6) is -3.76. The van der Waals surface area contributed by atoms with E-state index in [2.05, 4.69) is 4.98 Å². The van der Waals surface area contributed by atoms with E-state index >= 15 is 0 Å². The lowest BCUT2D eigenvalue weighted by Gasteiger charge is -2.13. The molecule has 0 atom stereocenters. The fourth-order valence-corrected chi connectivity index (χ4v) is 3.10. The number of nitrogens with zero attached hydrogens (tertiary/aromatic N) is 2. The number of aromatic nitrogens is 2. The number of rotatable bonds is 5. The highest BCUT2D eigenvalue weighted by Gasteiger charge is 2.14. The third-order valence-corrected chi connectivity index (χ3v) is 4.57. The number of hydrogen-bond donors (Lipinski definition) is 1. The Morgan fingerprint density at radius 2 is 1.57 bits per heavy atom. The minimum atomic E-state index is -1.11. The Labute approximate surface area is 200 Å². The largest absolute Gasteiger partial charge is 0.478 e. The molecular weight excluding hydrogens is 461 g/mol. The minimum absolute atomic E-state index is 0.0330. The van der Waals surface area contributed by atoms with Gasteiger partial charge in [-0.15, -0.1) is 0 Å². The molecule has 1 N–H and O–H groups in total. The van der Waals surface area contributed by atoms with Crippen molar-refractivity contribution >= 4 is 16.9 Å². The molecule has 1 heterocycles. The lowest BCUT2D eigenvalue weighted by Crippen LogP contribution is -2.14. The Morgan fingerprint density at radius 1 is 0.943 bits per heavy atom. The Bertz CT molecular complexity index is 1360. The molecule has 3 aromatic carbocycles. The highest BCUT2D eigenvalue weighted by molar-refractivity contribution is 5.88. The maximum atomic E-state index is 14.0. The van der Waals surface area contributed by atoms with Crippen LogP contribution >= 0.6 is 0 Å². The van der Waals surface area contributed by atoms with E-state index in [1.165, 1.54) is 41.0 Å². The van der Waals surface area contributed by atoms with Crippen molar-refractivity contribution in [3.63, 3.8) is 0 Å². The normalized spacial score (nSPS) is 10.0. The first kappa shape index (κ1) is 27.1. The molecule has 6 nitrogen and oxygen atoms in total. The molecule has 4 aromatic rings. The Hall–Kier alpha value is -4.14. The van der Waals surface area contributed by atoms with Crippen LogP contribution in [0.1, 0.15) is 43.6 Å². The standard InChI is InChI=1S/C22H13F3N2O4.2C2H6/c23-13-7-18(24)17(19(25)8-13)10-27-11-26-21(28)16-9-15(4-5-20(16)27)31-14-3-1-2-12(6-14)22(29)30;2*1-2/h1-9,11H,10H2,(H,29,30);2*1-2H3. The first-order valence-electron chi connectivity index (χ1n) is 11.0. The predicted molar refractivity (Wildman–Crippen MR) is 128 cm³/mol. The summed E-state index contributed by atoms with van der Waals surface area (Å²) in [6.07, 6.45) is 1.14. The zero-order valence-corrected chi connectivity index (χ0v) is 19.7. The Balaban J connectivity index is 0.00000103. The van der Waals surface area contributed by atoms with Gasteiger partial charge in [0, 0.05) is 17.7 Å². The summed E-state index contributed by atoms with van der Waals surface area (Å²) in [7, 11) is 0. The fraction of sp³-hybridized carbons (Fsp3) is 0.192. The number of halogens is 3. The van der Waals surface area contributed by atoms with Gasteiger partial charge in [-0.1, -0.05) is 33.8 Å². The molecule has 0 bridgehead atoms. The van der Waals surface area contributed by atoms with Gasteiger partial charge in [-0.05, 0) is 36.4 Å². The van der Waals surface area contributed by atoms with Crippen LogP contribution in [0.4, 0.5) is 13.2 Å². The van der Waals surface area contributed by atoms with Crippen LogP contribution in [0, 0.1) is 17.5 Å². The molecule has 0 aliphatic heterocycles. The topological polar surface area (TPSA) is 81.4 Å². The summed E-state index contributed by atoms with van der Waals surface area (Å²) in [6, 6.07) is 11.4. The van der Waals surface area contributed by atoms with Crippen molar-refractivity contribution in [2.24, 2.45) is 0 Å². The van der Waals surface area contributed by atoms with E-state index in [1.54, 1.807) is 6.07 Å². The first-order chi connectivity index (χ1) is 16.8. The van der Waals surface area contributed by atoms with Gasteiger partial charge in [0.25, 0.3) is 5.56 Å². The summed E-state index contributed by atoms with van der Waals surface area (Å²) >= 11 is 0. The zero-order chi connectivity index (χ0) is 26.1. The maximum absolute atomic E-state index is 14.0. The first-order valence-corrected chi connectivity index (χ1v) is 11.0. The fourth-order valence-electron chi connectivity index (χ4n) is 3.10. The van der Waals surface area contributed by atoms with Gasteiger partial charge in [0.15, 0.2) is 0 Å². The maximum Gasteiger partial charge on any atom is 0.335 e. The van der Waals surface area contributed by atoms with E-state index in [0.29, 0.717) is 17.6 Å². The molecule has 1 aromatic heterocycles. The quantitative estimate of drug-likeness (QED) is 0.353. The van der Waals surface area contributed by atoms with Crippen molar-refractivity contribution in [2.75, 3.05) is 0 Å². The van der Waals surface area contributed by atoms with Crippen LogP contribution in [0.3, 0.4) is 0 Å². The van der Waals surface area contributed by atoms with Crippen LogP contribution in [0.5, 0.6) is 11.5 Å². The number of carboxylic acids is 1. The van der Waals surface area contributed by atoms with Crippen molar-refractivity contribution in [2.45, 2.75) is 34.2 Å². The number of aromatic carboxylic acids is 1. The molecular formula is C26H25F3N2O4. The van der Waals surface area contributed by atoms with Crippen LogP contribution in [0.25, 0.3) is 10.9 Å². The molecule has 35 heavy (non-hydrogen) atoms. The van der Waals surface area contributed by atoms with Crippen molar-refractivity contribution in [3.8, 4) is 11.5 Å². The van der Waals surface area contributed by atoms with Crippen LogP contribution in [0.2, 0.25) is 0 Å². The van der Waals surface area contributed by atoms with Crippen molar-refractivity contribution in [1.82, 2.24) is 9.55 Å². The SMILES string of the molecule is CC.CC.O=C(O)c1cccc(Oc2ccc3c(c2)c(=O)ncn3Cc2c(F)cc(F)cc2F)c1. The second-order valence-corrected chi connectivity index (χ2v) is 6.64. The molecule has 0 saturated carbocycles. The van der Waals surface area contributed by atoms with Gasteiger partial charge >= 0.3 is 5.97 Å². The molecule has 0 unspecified atom stereocenters. The van der Waals surface area contributed by atoms with Gasteiger partial charge in [-0.2, -0.15) is 4.98 Å². The average Bonchev–Trinajstić information content (AvgIpc) is 2.85. The third kappa shape index (κ3) is 6.47. The number of hydrogen-bond acceptors (Lipinski definition) is 4. The molecule has 0 radical (unpaired) electrons. The van der Waals surface area contributed by atoms with E-state index < -0.39 is 29.0 Å². The van der Waals surface area contributed by atoms with Crippen molar-refractivity contribution in [1.29, 1.82) is 0 Å². The monoisotopic (exact) mass is 486 g/mol. The van der Waals surface area contributed by atoms with Crippen molar-refractivity contribution < 1.29 is 27.8 Å². The van der Waals surface area contributed by atoms with E-state index in [9.17, 15) is 22.8 Å². The lowest BCUT2D eigenvalue weighted by molar-refractivity contribution is 0.0696. The van der Waals surface area contributed by atoms with E-state index in [1.807, 2.05) is 27.7 Å². The third-order valence-electron chi connectivity index (χ3n) is 4.57. The van der Waals surface area contributed by atoms with Gasteiger partial charge < -0.3 is 14.4 Å². The van der Waals surface area contributed by atoms with Crippen molar-refractivity contribution in [3.05, 3.63) is 99.9 Å². The molecule has 0 spiro atoms. The average molecular weight is 486 g/mol. The molecule has 0 aliphatic carbocycles. The second kappa shape index (κ2) is 12.4. The van der Waals surface area contributed by atoms with Crippen LogP contribution in [-0.2, 0) is 6.54 Å². The van der Waals surface area contributed by atoms with Crippen LogP contribution in [-0.4, -0.2) is 20.6 Å². The molecule has 0 fully saturated rings. The summed E-state index contributed by atoms with van der Waals surface area (Å²) in [5.41, 5.74) is -0.601. The Morgan fingerprint density at radius 3 is 2.20 bits per heavy atom. The summed E-state index contributed by atoms with van der Waals surface area (Å²) < 4.78 is 48.2. The van der Waals surface area contributed by atoms with Crippen LogP contribution in [0.15, 0.2) is 65.7 Å². The molecule has 0 amide bonds. The van der Waals surface area contributed by atoms with Gasteiger partial charge in [-0.25, -0.2) is 18.0 Å². The van der Waals surface area contributed by atoms with Gasteiger partial charge in [0.05, 0.1) is 29.3 Å². The van der Waals surface area contributed by atoms with Gasteiger partial charge in [0.2, 0.25) is 0 Å². The molecule has 9 heteroatoms. The number of ether oxygens (including phenoxy) is 1. The number of fused-ring (bicyclic) bond motifs is 1.